The molecule has 0 aliphatic carbocycles. The van der Waals surface area contributed by atoms with Crippen molar-refractivity contribution in [3.63, 3.8) is 0 Å². The summed E-state index contributed by atoms with van der Waals surface area (Å²) in [5.41, 5.74) is 0.0145. The van der Waals surface area contributed by atoms with Crippen molar-refractivity contribution >= 4 is 11.9 Å². The fraction of sp³-hybridized carbons (Fsp3) is 0.556. The van der Waals surface area contributed by atoms with E-state index >= 15 is 0 Å². The first kappa shape index (κ1) is 18.3. The van der Waals surface area contributed by atoms with Gasteiger partial charge in [0.15, 0.2) is 0 Å². The van der Waals surface area contributed by atoms with Crippen LogP contribution in [0, 0.1) is 0 Å². The van der Waals surface area contributed by atoms with Crippen LogP contribution in [0.4, 0.5) is 4.79 Å². The number of aliphatic hydroxyl groups is 1. The van der Waals surface area contributed by atoms with E-state index in [0.717, 1.165) is 10.5 Å². The van der Waals surface area contributed by atoms with Gasteiger partial charge in [0.25, 0.3) is 5.91 Å². The fourth-order valence-electron chi connectivity index (χ4n) is 2.65. The number of urea groups is 1. The Balaban J connectivity index is 1.99. The highest BCUT2D eigenvalue weighted by Crippen LogP contribution is 2.31. The van der Waals surface area contributed by atoms with Gasteiger partial charge < -0.3 is 15.2 Å². The fourth-order valence-corrected chi connectivity index (χ4v) is 2.65. The number of β-amino-alcohol motifs (C(OH)–C–C–N with tert-alkyl or cyclic N) is 1. The first-order chi connectivity index (χ1) is 11.0. The summed E-state index contributed by atoms with van der Waals surface area (Å²) in [7, 11) is 0. The number of amides is 3. The average molecular weight is 334 g/mol. The molecule has 1 atom stereocenters. The molecule has 2 N–H and O–H groups in total. The molecule has 1 heterocycles. The molecule has 0 aromatic heterocycles. The highest BCUT2D eigenvalue weighted by Gasteiger charge is 2.44. The summed E-state index contributed by atoms with van der Waals surface area (Å²) in [6.07, 6.45) is -0.957. The Morgan fingerprint density at radius 3 is 2.42 bits per heavy atom. The first-order valence-corrected chi connectivity index (χ1v) is 8.07. The molecular weight excluding hydrogens is 308 g/mol. The first-order valence-electron chi connectivity index (χ1n) is 8.07. The maximum Gasteiger partial charge on any atom is 0.325 e. The molecule has 6 heteroatoms. The van der Waals surface area contributed by atoms with Crippen molar-refractivity contribution in [1.29, 1.82) is 0 Å². The number of hydrogen-bond donors (Lipinski definition) is 2. The van der Waals surface area contributed by atoms with Gasteiger partial charge in [0.05, 0.1) is 6.54 Å². The lowest BCUT2D eigenvalue weighted by Gasteiger charge is -2.24. The maximum absolute atomic E-state index is 12.1. The van der Waals surface area contributed by atoms with Crippen LogP contribution in [0.5, 0.6) is 5.75 Å². The van der Waals surface area contributed by atoms with Gasteiger partial charge in [0.2, 0.25) is 0 Å². The summed E-state index contributed by atoms with van der Waals surface area (Å²) in [5.74, 6) is 0.350. The van der Waals surface area contributed by atoms with E-state index in [1.54, 1.807) is 13.8 Å². The molecule has 132 valence electrons. The molecule has 0 spiro atoms. The van der Waals surface area contributed by atoms with Crippen LogP contribution in [0.15, 0.2) is 24.3 Å². The van der Waals surface area contributed by atoms with Gasteiger partial charge in [-0.3, -0.25) is 9.69 Å². The summed E-state index contributed by atoms with van der Waals surface area (Å²) in [4.78, 5) is 25.0. The number of benzene rings is 1. The number of para-hydroxylation sites is 1. The van der Waals surface area contributed by atoms with Crippen molar-refractivity contribution < 1.29 is 19.4 Å². The summed E-state index contributed by atoms with van der Waals surface area (Å²) in [6.45, 7) is 9.44. The summed E-state index contributed by atoms with van der Waals surface area (Å²) < 4.78 is 5.74. The van der Waals surface area contributed by atoms with E-state index in [1.165, 1.54) is 0 Å². The number of imide groups is 1. The SMILES string of the molecule is CC1(C)NC(=O)N(C[C@@H](O)COc2ccccc2C(C)(C)C)C1=O. The van der Waals surface area contributed by atoms with Gasteiger partial charge in [-0.15, -0.1) is 0 Å². The number of carbonyl (C=O) groups is 2. The Morgan fingerprint density at radius 1 is 1.25 bits per heavy atom. The number of rotatable bonds is 5. The highest BCUT2D eigenvalue weighted by atomic mass is 16.5. The lowest BCUT2D eigenvalue weighted by molar-refractivity contribution is -0.131. The molecule has 6 nitrogen and oxygen atoms in total. The van der Waals surface area contributed by atoms with Gasteiger partial charge in [-0.1, -0.05) is 39.0 Å². The molecule has 3 amide bonds. The monoisotopic (exact) mass is 334 g/mol. The highest BCUT2D eigenvalue weighted by molar-refractivity contribution is 6.06. The minimum Gasteiger partial charge on any atom is -0.491 e. The van der Waals surface area contributed by atoms with Crippen LogP contribution in [-0.4, -0.2) is 46.7 Å². The zero-order chi connectivity index (χ0) is 18.1. The van der Waals surface area contributed by atoms with E-state index in [2.05, 4.69) is 26.1 Å². The van der Waals surface area contributed by atoms with Crippen molar-refractivity contribution in [2.24, 2.45) is 0 Å². The predicted octanol–water partition coefficient (Wildman–Crippen LogP) is 2.05. The normalized spacial score (nSPS) is 18.5. The number of nitrogens with zero attached hydrogens (tertiary/aromatic N) is 1. The molecule has 1 aromatic rings. The van der Waals surface area contributed by atoms with Gasteiger partial charge in [-0.05, 0) is 30.9 Å². The molecule has 0 radical (unpaired) electrons. The van der Waals surface area contributed by atoms with Gasteiger partial charge in [0, 0.05) is 0 Å². The molecule has 2 rings (SSSR count). The molecule has 24 heavy (non-hydrogen) atoms. The van der Waals surface area contributed by atoms with E-state index in [1.807, 2.05) is 24.3 Å². The summed E-state index contributed by atoms with van der Waals surface area (Å²) >= 11 is 0. The molecule has 1 aliphatic heterocycles. The molecule has 1 fully saturated rings. The third-order valence-corrected chi connectivity index (χ3v) is 3.96. The molecule has 1 aliphatic rings. The Bertz CT molecular complexity index is 634. The van der Waals surface area contributed by atoms with Crippen molar-refractivity contribution in [2.45, 2.75) is 51.7 Å². The quantitative estimate of drug-likeness (QED) is 0.808. The zero-order valence-corrected chi connectivity index (χ0v) is 14.9. The van der Waals surface area contributed by atoms with E-state index < -0.39 is 17.7 Å². The number of hydrogen-bond acceptors (Lipinski definition) is 4. The van der Waals surface area contributed by atoms with E-state index in [9.17, 15) is 14.7 Å². The topological polar surface area (TPSA) is 78.9 Å². The Kier molecular flexibility index (Phi) is 4.90. The van der Waals surface area contributed by atoms with Gasteiger partial charge in [0.1, 0.15) is 24.0 Å². The Labute approximate surface area is 142 Å². The second-order valence-electron chi connectivity index (χ2n) is 7.68. The molecule has 0 saturated carbocycles. The lowest BCUT2D eigenvalue weighted by Crippen LogP contribution is -2.42. The molecule has 0 unspecified atom stereocenters. The van der Waals surface area contributed by atoms with Crippen LogP contribution < -0.4 is 10.1 Å². The van der Waals surface area contributed by atoms with Crippen molar-refractivity contribution in [3.8, 4) is 5.75 Å². The van der Waals surface area contributed by atoms with Gasteiger partial charge in [-0.25, -0.2) is 4.79 Å². The van der Waals surface area contributed by atoms with Crippen molar-refractivity contribution in [2.75, 3.05) is 13.2 Å². The van der Waals surface area contributed by atoms with Crippen molar-refractivity contribution in [1.82, 2.24) is 10.2 Å². The van der Waals surface area contributed by atoms with Crippen LogP contribution in [-0.2, 0) is 10.2 Å². The van der Waals surface area contributed by atoms with E-state index in [4.69, 9.17) is 4.74 Å². The number of aliphatic hydroxyl groups excluding tert-OH is 1. The van der Waals surface area contributed by atoms with Crippen LogP contribution >= 0.6 is 0 Å². The minimum absolute atomic E-state index is 0.00455. The second kappa shape index (κ2) is 6.43. The molecule has 1 aromatic carbocycles. The van der Waals surface area contributed by atoms with E-state index in [-0.39, 0.29) is 24.5 Å². The van der Waals surface area contributed by atoms with Crippen LogP contribution in [0.3, 0.4) is 0 Å². The van der Waals surface area contributed by atoms with E-state index in [0.29, 0.717) is 5.75 Å². The lowest BCUT2D eigenvalue weighted by atomic mass is 9.86. The van der Waals surface area contributed by atoms with Crippen molar-refractivity contribution in [3.05, 3.63) is 29.8 Å². The number of nitrogens with one attached hydrogen (secondary N) is 1. The number of ether oxygens (including phenoxy) is 1. The van der Waals surface area contributed by atoms with Gasteiger partial charge >= 0.3 is 6.03 Å². The minimum atomic E-state index is -0.957. The zero-order valence-electron chi connectivity index (χ0n) is 14.9. The molecular formula is C18H26N2O4. The smallest absolute Gasteiger partial charge is 0.325 e. The Morgan fingerprint density at radius 2 is 1.88 bits per heavy atom. The summed E-state index contributed by atoms with van der Waals surface area (Å²) in [6, 6.07) is 7.17. The molecule has 0 bridgehead atoms. The summed E-state index contributed by atoms with van der Waals surface area (Å²) in [5, 5.41) is 12.8. The average Bonchev–Trinajstić information content (AvgIpc) is 2.66. The van der Waals surface area contributed by atoms with Gasteiger partial charge in [-0.2, -0.15) is 0 Å². The van der Waals surface area contributed by atoms with Crippen LogP contribution in [0.1, 0.15) is 40.2 Å². The third-order valence-electron chi connectivity index (χ3n) is 3.96. The van der Waals surface area contributed by atoms with Crippen LogP contribution in [0.25, 0.3) is 0 Å². The largest absolute Gasteiger partial charge is 0.491 e. The standard InChI is InChI=1S/C18H26N2O4/c1-17(2,3)13-8-6-7-9-14(13)24-11-12(21)10-20-15(22)18(4,5)19-16(20)23/h6-9,12,21H,10-11H2,1-5H3,(H,19,23)/t12-/m1/s1. The predicted molar refractivity (Wildman–Crippen MR) is 91.0 cm³/mol. The molecule has 1 saturated heterocycles. The third kappa shape index (κ3) is 3.87. The maximum atomic E-state index is 12.1. The van der Waals surface area contributed by atoms with Crippen LogP contribution in [0.2, 0.25) is 0 Å². The number of carbonyl (C=O) groups excluding carboxylic acids is 2. The Hall–Kier alpha value is -2.08. The second-order valence-corrected chi connectivity index (χ2v) is 7.68.